The number of rotatable bonds is 5. The van der Waals surface area contributed by atoms with Crippen molar-refractivity contribution in [2.75, 3.05) is 32.0 Å². The van der Waals surface area contributed by atoms with Gasteiger partial charge in [0.2, 0.25) is 10.0 Å². The zero-order chi connectivity index (χ0) is 14.8. The highest BCUT2D eigenvalue weighted by atomic mass is 35.5. The van der Waals surface area contributed by atoms with Crippen molar-refractivity contribution < 1.29 is 13.2 Å². The monoisotopic (exact) mass is 318 g/mol. The van der Waals surface area contributed by atoms with E-state index in [2.05, 4.69) is 0 Å². The van der Waals surface area contributed by atoms with Crippen molar-refractivity contribution >= 4 is 27.3 Å². The molecule has 2 rings (SSSR count). The molecule has 1 aliphatic heterocycles. The molecule has 1 heterocycles. The van der Waals surface area contributed by atoms with Gasteiger partial charge in [-0.3, -0.25) is 0 Å². The maximum absolute atomic E-state index is 12.6. The van der Waals surface area contributed by atoms with Gasteiger partial charge in [0.05, 0.1) is 11.6 Å². The largest absolute Gasteiger partial charge is 0.399 e. The summed E-state index contributed by atoms with van der Waals surface area (Å²) < 4.78 is 32.0. The van der Waals surface area contributed by atoms with Gasteiger partial charge in [-0.2, -0.15) is 4.31 Å². The van der Waals surface area contributed by atoms with Crippen LogP contribution in [0.1, 0.15) is 13.3 Å². The number of hydrogen-bond acceptors (Lipinski definition) is 4. The summed E-state index contributed by atoms with van der Waals surface area (Å²) in [5.74, 6) is 0.247. The number of halogens is 1. The molecule has 0 bridgehead atoms. The number of sulfonamides is 1. The zero-order valence-corrected chi connectivity index (χ0v) is 13.0. The molecular weight excluding hydrogens is 300 g/mol. The Hall–Kier alpha value is -0.820. The number of ether oxygens (including phenoxy) is 1. The van der Waals surface area contributed by atoms with E-state index in [1.54, 1.807) is 6.07 Å². The van der Waals surface area contributed by atoms with Gasteiger partial charge in [-0.1, -0.05) is 18.5 Å². The summed E-state index contributed by atoms with van der Waals surface area (Å²) in [5, 5.41) is 0.158. The van der Waals surface area contributed by atoms with Crippen LogP contribution >= 0.6 is 11.6 Å². The molecule has 0 radical (unpaired) electrons. The zero-order valence-electron chi connectivity index (χ0n) is 11.4. The van der Waals surface area contributed by atoms with Gasteiger partial charge in [0.25, 0.3) is 0 Å². The first kappa shape index (κ1) is 15.6. The minimum atomic E-state index is -3.60. The van der Waals surface area contributed by atoms with E-state index in [-0.39, 0.29) is 15.8 Å². The smallest absolute Gasteiger partial charge is 0.244 e. The standard InChI is InChI=1S/C13H19ClN2O3S/c1-2-16(8-10-5-6-19-9-10)20(17,18)13-4-3-11(15)7-12(13)14/h3-4,7,10H,2,5-6,8-9,15H2,1H3. The third-order valence-electron chi connectivity index (χ3n) is 3.41. The molecule has 1 aromatic rings. The molecule has 112 valence electrons. The van der Waals surface area contributed by atoms with Gasteiger partial charge >= 0.3 is 0 Å². The molecule has 0 amide bonds. The van der Waals surface area contributed by atoms with E-state index in [1.807, 2.05) is 6.92 Å². The molecule has 5 nitrogen and oxygen atoms in total. The predicted octanol–water partition coefficient (Wildman–Crippen LogP) is 1.97. The topological polar surface area (TPSA) is 72.6 Å². The van der Waals surface area contributed by atoms with Crippen molar-refractivity contribution in [3.05, 3.63) is 23.2 Å². The number of nitrogen functional groups attached to an aromatic ring is 1. The minimum Gasteiger partial charge on any atom is -0.399 e. The molecule has 2 N–H and O–H groups in total. The van der Waals surface area contributed by atoms with Gasteiger partial charge in [-0.15, -0.1) is 0 Å². The lowest BCUT2D eigenvalue weighted by atomic mass is 10.1. The molecule has 1 aliphatic rings. The molecule has 0 aliphatic carbocycles. The molecule has 0 saturated carbocycles. The SMILES string of the molecule is CCN(CC1CCOC1)S(=O)(=O)c1ccc(N)cc1Cl. The van der Waals surface area contributed by atoms with Crippen molar-refractivity contribution in [3.63, 3.8) is 0 Å². The molecule has 1 unspecified atom stereocenters. The molecule has 1 aromatic carbocycles. The summed E-state index contributed by atoms with van der Waals surface area (Å²) in [4.78, 5) is 0.106. The highest BCUT2D eigenvalue weighted by molar-refractivity contribution is 7.89. The summed E-state index contributed by atoms with van der Waals surface area (Å²) in [7, 11) is -3.60. The second kappa shape index (κ2) is 6.30. The Morgan fingerprint density at radius 1 is 1.50 bits per heavy atom. The van der Waals surface area contributed by atoms with Crippen LogP contribution in [0.25, 0.3) is 0 Å². The average molecular weight is 319 g/mol. The fraction of sp³-hybridized carbons (Fsp3) is 0.538. The van der Waals surface area contributed by atoms with Crippen LogP contribution in [-0.2, 0) is 14.8 Å². The lowest BCUT2D eigenvalue weighted by Gasteiger charge is -2.23. The second-order valence-corrected chi connectivity index (χ2v) is 7.19. The van der Waals surface area contributed by atoms with Crippen LogP contribution in [0.5, 0.6) is 0 Å². The predicted molar refractivity (Wildman–Crippen MR) is 79.2 cm³/mol. The summed E-state index contributed by atoms with van der Waals surface area (Å²) in [6.45, 7) is 3.99. The Kier molecular flexibility index (Phi) is 4.90. The fourth-order valence-electron chi connectivity index (χ4n) is 2.28. The van der Waals surface area contributed by atoms with Crippen LogP contribution in [0, 0.1) is 5.92 Å². The van der Waals surface area contributed by atoms with Crippen LogP contribution in [0.3, 0.4) is 0 Å². The van der Waals surface area contributed by atoms with E-state index in [0.29, 0.717) is 32.0 Å². The Balaban J connectivity index is 2.26. The quantitative estimate of drug-likeness (QED) is 0.842. The Labute approximate surface area is 124 Å². The number of nitrogens with zero attached hydrogens (tertiary/aromatic N) is 1. The Morgan fingerprint density at radius 3 is 2.80 bits per heavy atom. The summed E-state index contributed by atoms with van der Waals surface area (Å²) in [6.07, 6.45) is 0.890. The summed E-state index contributed by atoms with van der Waals surface area (Å²) in [6, 6.07) is 4.47. The van der Waals surface area contributed by atoms with Gasteiger partial charge in [-0.25, -0.2) is 8.42 Å². The van der Waals surface area contributed by atoms with Gasteiger partial charge < -0.3 is 10.5 Å². The van der Waals surface area contributed by atoms with E-state index in [1.165, 1.54) is 16.4 Å². The average Bonchev–Trinajstić information content (AvgIpc) is 2.88. The van der Waals surface area contributed by atoms with Gasteiger partial charge in [-0.05, 0) is 30.5 Å². The van der Waals surface area contributed by atoms with Crippen LogP contribution in [0.4, 0.5) is 5.69 Å². The summed E-state index contributed by atoms with van der Waals surface area (Å²) in [5.41, 5.74) is 6.05. The van der Waals surface area contributed by atoms with Crippen molar-refractivity contribution in [1.82, 2.24) is 4.31 Å². The molecule has 20 heavy (non-hydrogen) atoms. The first-order valence-electron chi connectivity index (χ1n) is 6.58. The van der Waals surface area contributed by atoms with E-state index >= 15 is 0 Å². The summed E-state index contributed by atoms with van der Waals surface area (Å²) >= 11 is 6.02. The van der Waals surface area contributed by atoms with Crippen molar-refractivity contribution in [2.24, 2.45) is 5.92 Å². The first-order chi connectivity index (χ1) is 9.45. The van der Waals surface area contributed by atoms with E-state index in [0.717, 1.165) is 6.42 Å². The van der Waals surface area contributed by atoms with Gasteiger partial charge in [0.15, 0.2) is 0 Å². The third kappa shape index (κ3) is 3.25. The van der Waals surface area contributed by atoms with E-state index < -0.39 is 10.0 Å². The van der Waals surface area contributed by atoms with Gasteiger partial charge in [0, 0.05) is 25.4 Å². The van der Waals surface area contributed by atoms with Crippen molar-refractivity contribution in [1.29, 1.82) is 0 Å². The Bertz CT molecular complexity index is 571. The normalized spacial score (nSPS) is 19.6. The van der Waals surface area contributed by atoms with Crippen molar-refractivity contribution in [3.8, 4) is 0 Å². The fourth-order valence-corrected chi connectivity index (χ4v) is 4.33. The number of benzene rings is 1. The number of hydrogen-bond donors (Lipinski definition) is 1. The lowest BCUT2D eigenvalue weighted by molar-refractivity contribution is 0.181. The Morgan fingerprint density at radius 2 is 2.25 bits per heavy atom. The highest BCUT2D eigenvalue weighted by Gasteiger charge is 2.29. The number of anilines is 1. The molecule has 1 fully saturated rings. The molecule has 0 aromatic heterocycles. The van der Waals surface area contributed by atoms with Gasteiger partial charge in [0.1, 0.15) is 4.90 Å². The molecule has 1 atom stereocenters. The number of nitrogens with two attached hydrogens (primary N) is 1. The maximum Gasteiger partial charge on any atom is 0.244 e. The highest BCUT2D eigenvalue weighted by Crippen LogP contribution is 2.27. The van der Waals surface area contributed by atoms with Crippen LogP contribution in [-0.4, -0.2) is 39.0 Å². The molecule has 1 saturated heterocycles. The van der Waals surface area contributed by atoms with E-state index in [4.69, 9.17) is 22.1 Å². The lowest BCUT2D eigenvalue weighted by Crippen LogP contribution is -2.35. The molecular formula is C13H19ClN2O3S. The second-order valence-electron chi connectivity index (χ2n) is 4.88. The van der Waals surface area contributed by atoms with Crippen LogP contribution in [0.2, 0.25) is 5.02 Å². The third-order valence-corrected chi connectivity index (χ3v) is 5.84. The minimum absolute atomic E-state index is 0.106. The van der Waals surface area contributed by atoms with Crippen LogP contribution in [0.15, 0.2) is 23.1 Å². The first-order valence-corrected chi connectivity index (χ1v) is 8.40. The molecule has 7 heteroatoms. The maximum atomic E-state index is 12.6. The molecule has 0 spiro atoms. The van der Waals surface area contributed by atoms with E-state index in [9.17, 15) is 8.42 Å². The van der Waals surface area contributed by atoms with Crippen LogP contribution < -0.4 is 5.73 Å². The van der Waals surface area contributed by atoms with Crippen molar-refractivity contribution in [2.45, 2.75) is 18.2 Å².